The van der Waals surface area contributed by atoms with Crippen molar-refractivity contribution in [2.24, 2.45) is 5.92 Å². The van der Waals surface area contributed by atoms with Crippen LogP contribution in [0.25, 0.3) is 10.9 Å². The quantitative estimate of drug-likeness (QED) is 0.377. The number of ether oxygens (including phenoxy) is 1. The van der Waals surface area contributed by atoms with Crippen LogP contribution in [-0.4, -0.2) is 59.6 Å². The number of hydrogen-bond donors (Lipinski definition) is 3. The van der Waals surface area contributed by atoms with Crippen molar-refractivity contribution in [3.63, 3.8) is 0 Å². The van der Waals surface area contributed by atoms with Crippen LogP contribution in [0.3, 0.4) is 0 Å². The van der Waals surface area contributed by atoms with Crippen LogP contribution < -0.4 is 0 Å². The van der Waals surface area contributed by atoms with Gasteiger partial charge in [-0.3, -0.25) is 18.8 Å². The molecular formula is C21H26N2O6S. The molecule has 1 fully saturated rings. The van der Waals surface area contributed by atoms with Crippen molar-refractivity contribution >= 4 is 27.3 Å². The normalized spacial score (nSPS) is 29.3. The Morgan fingerprint density at radius 2 is 2.03 bits per heavy atom. The molecule has 0 radical (unpaired) electrons. The van der Waals surface area contributed by atoms with Crippen LogP contribution in [0.1, 0.15) is 31.0 Å². The van der Waals surface area contributed by atoms with E-state index >= 15 is 0 Å². The van der Waals surface area contributed by atoms with E-state index in [1.54, 1.807) is 0 Å². The van der Waals surface area contributed by atoms with E-state index in [4.69, 9.17) is 22.3 Å². The Hall–Kier alpha value is -2.20. The van der Waals surface area contributed by atoms with Crippen LogP contribution in [0.15, 0.2) is 35.9 Å². The number of para-hydroxylation sites is 1. The summed E-state index contributed by atoms with van der Waals surface area (Å²) in [5.41, 5.74) is 4.36. The molecule has 162 valence electrons. The number of H-pyrrole nitrogens is 1. The maximum absolute atomic E-state index is 13.2. The number of nitrogens with one attached hydrogen (secondary N) is 1. The standard InChI is InChI=1S/C21H24N2O2.H2O4S/c1-3-14-10-13-11-21(20(24)25-2)18-16(8-9-23(12-13)19(14)21)15-6-4-5-7-17(15)22-18;1-5(2,3)4/h4-7,10,13,19,22H,3,8-9,11-12H2,1-2H3;(H2,1,2,3,4)/t13-,19+,21?;/m0./s1. The molecule has 0 amide bonds. The van der Waals surface area contributed by atoms with Crippen LogP contribution >= 0.6 is 0 Å². The van der Waals surface area contributed by atoms with E-state index in [2.05, 4.69) is 47.1 Å². The van der Waals surface area contributed by atoms with Crippen molar-refractivity contribution in [2.75, 3.05) is 20.2 Å². The van der Waals surface area contributed by atoms with Crippen molar-refractivity contribution in [2.45, 2.75) is 37.6 Å². The number of hydrogen-bond acceptors (Lipinski definition) is 5. The average molecular weight is 435 g/mol. The SMILES string of the molecule is CCC1=C[C@@H]2CN3CCc4c([nH]c5ccccc45)C(C(=O)OC)(C2)[C@@H]13.O=S(=O)(O)O. The number of methoxy groups -OCH3 is 1. The summed E-state index contributed by atoms with van der Waals surface area (Å²) >= 11 is 0. The summed E-state index contributed by atoms with van der Waals surface area (Å²) in [6, 6.07) is 8.56. The molecule has 6 rings (SSSR count). The van der Waals surface area contributed by atoms with Crippen LogP contribution in [-0.2, 0) is 31.8 Å². The summed E-state index contributed by atoms with van der Waals surface area (Å²) in [5.74, 6) is 0.345. The highest BCUT2D eigenvalue weighted by Crippen LogP contribution is 2.53. The molecule has 1 aromatic carbocycles. The number of aromatic amines is 1. The highest BCUT2D eigenvalue weighted by atomic mass is 32.3. The van der Waals surface area contributed by atoms with E-state index in [-0.39, 0.29) is 12.0 Å². The Morgan fingerprint density at radius 3 is 2.70 bits per heavy atom. The predicted molar refractivity (Wildman–Crippen MR) is 112 cm³/mol. The molecule has 3 N–H and O–H groups in total. The third-order valence-corrected chi connectivity index (χ3v) is 6.55. The summed E-state index contributed by atoms with van der Waals surface area (Å²) in [6.07, 6.45) is 5.25. The van der Waals surface area contributed by atoms with Gasteiger partial charge in [0.05, 0.1) is 13.2 Å². The lowest BCUT2D eigenvalue weighted by molar-refractivity contribution is -0.154. The first kappa shape index (κ1) is 21.0. The lowest BCUT2D eigenvalue weighted by Gasteiger charge is -2.53. The second-order valence-corrected chi connectivity index (χ2v) is 9.04. The summed E-state index contributed by atoms with van der Waals surface area (Å²) < 4.78 is 37.0. The van der Waals surface area contributed by atoms with Crippen LogP contribution in [0, 0.1) is 5.92 Å². The number of piperidine rings is 1. The Kier molecular flexibility index (Phi) is 5.26. The summed E-state index contributed by atoms with van der Waals surface area (Å²) in [4.78, 5) is 19.4. The molecule has 2 unspecified atom stereocenters. The first-order chi connectivity index (χ1) is 14.2. The van der Waals surface area contributed by atoms with Crippen molar-refractivity contribution in [3.8, 4) is 0 Å². The van der Waals surface area contributed by atoms with Gasteiger partial charge in [0, 0.05) is 29.7 Å². The van der Waals surface area contributed by atoms with Gasteiger partial charge in [0.2, 0.25) is 0 Å². The summed E-state index contributed by atoms with van der Waals surface area (Å²) in [7, 11) is -3.13. The van der Waals surface area contributed by atoms with Gasteiger partial charge in [-0.25, -0.2) is 0 Å². The minimum atomic E-state index is -4.67. The zero-order valence-corrected chi connectivity index (χ0v) is 17.8. The van der Waals surface area contributed by atoms with Crippen LogP contribution in [0.5, 0.6) is 0 Å². The van der Waals surface area contributed by atoms with Crippen LogP contribution in [0.4, 0.5) is 0 Å². The van der Waals surface area contributed by atoms with Crippen molar-refractivity contribution < 1.29 is 27.1 Å². The van der Waals surface area contributed by atoms with E-state index in [9.17, 15) is 4.79 Å². The molecule has 8 nitrogen and oxygen atoms in total. The van der Waals surface area contributed by atoms with E-state index in [1.807, 2.05) is 0 Å². The van der Waals surface area contributed by atoms with Gasteiger partial charge in [-0.1, -0.05) is 36.8 Å². The molecule has 4 heterocycles. The molecule has 1 aromatic heterocycles. The second kappa shape index (κ2) is 7.49. The van der Waals surface area contributed by atoms with Crippen LogP contribution in [0.2, 0.25) is 0 Å². The number of esters is 1. The van der Waals surface area contributed by atoms with Gasteiger partial charge in [-0.2, -0.15) is 8.42 Å². The number of fused-ring (bicyclic) bond motifs is 3. The maximum atomic E-state index is 13.2. The molecule has 4 aliphatic rings. The van der Waals surface area contributed by atoms with Gasteiger partial charge < -0.3 is 9.72 Å². The second-order valence-electron chi connectivity index (χ2n) is 8.14. The number of rotatable bonds is 2. The fourth-order valence-corrected chi connectivity index (χ4v) is 5.71. The monoisotopic (exact) mass is 434 g/mol. The average Bonchev–Trinajstić information content (AvgIpc) is 3.04. The predicted octanol–water partition coefficient (Wildman–Crippen LogP) is 2.52. The topological polar surface area (TPSA) is 120 Å². The van der Waals surface area contributed by atoms with Crippen molar-refractivity contribution in [1.29, 1.82) is 0 Å². The van der Waals surface area contributed by atoms with Gasteiger partial charge in [0.1, 0.15) is 5.41 Å². The Balaban J connectivity index is 0.000000393. The number of benzene rings is 1. The lowest BCUT2D eigenvalue weighted by atomic mass is 9.60. The smallest absolute Gasteiger partial charge is 0.394 e. The molecule has 4 bridgehead atoms. The first-order valence-electron chi connectivity index (χ1n) is 10.0. The van der Waals surface area contributed by atoms with E-state index in [1.165, 1.54) is 23.6 Å². The Bertz CT molecular complexity index is 1110. The molecule has 1 saturated heterocycles. The first-order valence-corrected chi connectivity index (χ1v) is 11.4. The fourth-order valence-electron chi connectivity index (χ4n) is 5.71. The molecule has 0 spiro atoms. The zero-order valence-electron chi connectivity index (χ0n) is 17.0. The Morgan fingerprint density at radius 1 is 1.33 bits per heavy atom. The largest absolute Gasteiger partial charge is 0.468 e. The third-order valence-electron chi connectivity index (χ3n) is 6.55. The maximum Gasteiger partial charge on any atom is 0.394 e. The molecule has 1 aliphatic carbocycles. The minimum absolute atomic E-state index is 0.0824. The molecular weight excluding hydrogens is 408 g/mol. The lowest BCUT2D eigenvalue weighted by Crippen LogP contribution is -2.63. The number of carbonyl (C=O) groups excluding carboxylic acids is 1. The minimum Gasteiger partial charge on any atom is -0.468 e. The van der Waals surface area contributed by atoms with Gasteiger partial charge in [0.25, 0.3) is 0 Å². The van der Waals surface area contributed by atoms with Gasteiger partial charge in [-0.05, 0) is 36.8 Å². The summed E-state index contributed by atoms with van der Waals surface area (Å²) in [6.45, 7) is 4.28. The van der Waals surface area contributed by atoms with Gasteiger partial charge in [0.15, 0.2) is 0 Å². The highest BCUT2D eigenvalue weighted by Gasteiger charge is 2.60. The number of aromatic nitrogens is 1. The van der Waals surface area contributed by atoms with E-state index < -0.39 is 15.8 Å². The van der Waals surface area contributed by atoms with E-state index in [0.717, 1.165) is 43.6 Å². The fraction of sp³-hybridized carbons (Fsp3) is 0.476. The molecule has 2 aromatic rings. The third kappa shape index (κ3) is 3.35. The molecule has 4 atom stereocenters. The number of carbonyl (C=O) groups is 1. The van der Waals surface area contributed by atoms with Gasteiger partial charge in [-0.15, -0.1) is 0 Å². The molecule has 9 heteroatoms. The molecule has 30 heavy (non-hydrogen) atoms. The van der Waals surface area contributed by atoms with Crippen molar-refractivity contribution in [1.82, 2.24) is 9.88 Å². The summed E-state index contributed by atoms with van der Waals surface area (Å²) in [5, 5.41) is 1.26. The van der Waals surface area contributed by atoms with Crippen molar-refractivity contribution in [3.05, 3.63) is 47.2 Å². The van der Waals surface area contributed by atoms with Gasteiger partial charge >= 0.3 is 16.4 Å². The Labute approximate surface area is 175 Å². The molecule has 0 saturated carbocycles. The highest BCUT2D eigenvalue weighted by molar-refractivity contribution is 7.79. The van der Waals surface area contributed by atoms with E-state index in [0.29, 0.717) is 5.92 Å². The number of nitrogens with zero attached hydrogens (tertiary/aromatic N) is 1. The zero-order chi connectivity index (χ0) is 21.7. The molecule has 3 aliphatic heterocycles.